The molecule has 0 aliphatic carbocycles. The number of hydrogen-bond acceptors (Lipinski definition) is 7. The number of aliphatic hydroxyl groups is 2. The number of anilines is 1. The fourth-order valence-corrected chi connectivity index (χ4v) is 3.86. The summed E-state index contributed by atoms with van der Waals surface area (Å²) in [5.74, 6) is 0.728. The maximum atomic E-state index is 12.2. The van der Waals surface area contributed by atoms with Crippen LogP contribution >= 0.6 is 0 Å². The fraction of sp³-hybridized carbons (Fsp3) is 0.227. The Hall–Kier alpha value is -3.16. The first-order valence-corrected chi connectivity index (χ1v) is 10.9. The average Bonchev–Trinajstić information content (AvgIpc) is 3.23. The largest absolute Gasteiger partial charge is 0.457 e. The van der Waals surface area contributed by atoms with Crippen LogP contribution in [0.2, 0.25) is 0 Å². The van der Waals surface area contributed by atoms with Gasteiger partial charge < -0.3 is 19.5 Å². The zero-order valence-corrected chi connectivity index (χ0v) is 17.9. The third-order valence-electron chi connectivity index (χ3n) is 4.64. The lowest BCUT2D eigenvalue weighted by atomic mass is 10.0. The third kappa shape index (κ3) is 5.31. The Morgan fingerprint density at radius 3 is 2.58 bits per heavy atom. The predicted molar refractivity (Wildman–Crippen MR) is 120 cm³/mol. The van der Waals surface area contributed by atoms with Crippen molar-refractivity contribution in [3.63, 3.8) is 0 Å². The van der Waals surface area contributed by atoms with Gasteiger partial charge in [0, 0.05) is 38.0 Å². The van der Waals surface area contributed by atoms with E-state index < -0.39 is 34.2 Å². The summed E-state index contributed by atoms with van der Waals surface area (Å²) in [6, 6.07) is 16.9. The lowest BCUT2D eigenvalue weighted by Crippen LogP contribution is -2.34. The summed E-state index contributed by atoms with van der Waals surface area (Å²) in [7, 11) is -0.197. The Labute approximate surface area is 180 Å². The highest BCUT2D eigenvalue weighted by Gasteiger charge is 2.19. The van der Waals surface area contributed by atoms with E-state index in [-0.39, 0.29) is 5.76 Å². The molecule has 0 aliphatic rings. The number of nitrogens with one attached hydrogen (secondary N) is 1. The minimum Gasteiger partial charge on any atom is -0.457 e. The van der Waals surface area contributed by atoms with Crippen molar-refractivity contribution in [3.8, 4) is 17.4 Å². The second-order valence-electron chi connectivity index (χ2n) is 7.15. The van der Waals surface area contributed by atoms with Crippen molar-refractivity contribution >= 4 is 32.6 Å². The number of rotatable bonds is 8. The standard InChI is InChI=1S/C22H23N3O5S/c1-25(2)18-6-5-15-9-17(4-3-16(15)10-18)22-8-7-20(30-22)11-21(12-23)31(28,29)24-13-19(27)14-26/h3-11,19,24,26-27H,13-14H2,1-2H3/b21-11+. The van der Waals surface area contributed by atoms with Crippen molar-refractivity contribution in [3.05, 3.63) is 59.2 Å². The Morgan fingerprint density at radius 2 is 1.90 bits per heavy atom. The smallest absolute Gasteiger partial charge is 0.250 e. The minimum atomic E-state index is -4.16. The van der Waals surface area contributed by atoms with E-state index in [2.05, 4.69) is 10.8 Å². The molecule has 8 nitrogen and oxygen atoms in total. The zero-order valence-electron chi connectivity index (χ0n) is 17.1. The van der Waals surface area contributed by atoms with E-state index in [1.165, 1.54) is 0 Å². The van der Waals surface area contributed by atoms with E-state index in [0.717, 1.165) is 28.1 Å². The van der Waals surface area contributed by atoms with Gasteiger partial charge in [0.1, 0.15) is 17.6 Å². The van der Waals surface area contributed by atoms with Crippen LogP contribution in [0.4, 0.5) is 5.69 Å². The molecule has 9 heteroatoms. The summed E-state index contributed by atoms with van der Waals surface area (Å²) in [5, 5.41) is 29.5. The topological polar surface area (TPSA) is 127 Å². The molecule has 0 amide bonds. The molecule has 0 bridgehead atoms. The number of fused-ring (bicyclic) bond motifs is 1. The highest BCUT2D eigenvalue weighted by molar-refractivity contribution is 7.93. The van der Waals surface area contributed by atoms with Crippen molar-refractivity contribution in [2.45, 2.75) is 6.10 Å². The van der Waals surface area contributed by atoms with Crippen LogP contribution < -0.4 is 9.62 Å². The molecule has 162 valence electrons. The summed E-state index contributed by atoms with van der Waals surface area (Å²) in [6.07, 6.45) is -0.145. The first-order valence-electron chi connectivity index (χ1n) is 9.45. The molecule has 0 saturated carbocycles. The van der Waals surface area contributed by atoms with Gasteiger partial charge in [0.15, 0.2) is 4.91 Å². The molecule has 1 heterocycles. The summed E-state index contributed by atoms with van der Waals surface area (Å²) in [4.78, 5) is 1.46. The molecule has 1 atom stereocenters. The van der Waals surface area contributed by atoms with Crippen molar-refractivity contribution in [1.82, 2.24) is 4.72 Å². The monoisotopic (exact) mass is 441 g/mol. The number of nitrogens with zero attached hydrogens (tertiary/aromatic N) is 2. The SMILES string of the molecule is CN(C)c1ccc2cc(-c3ccc(/C=C(\C#N)S(=O)(=O)NCC(O)CO)o3)ccc2c1. The van der Waals surface area contributed by atoms with E-state index in [0.29, 0.717) is 5.76 Å². The summed E-state index contributed by atoms with van der Waals surface area (Å²) in [6.45, 7) is -1.01. The van der Waals surface area contributed by atoms with E-state index in [9.17, 15) is 18.8 Å². The normalized spacial score (nSPS) is 13.2. The second-order valence-corrected chi connectivity index (χ2v) is 8.89. The van der Waals surface area contributed by atoms with Gasteiger partial charge in [-0.15, -0.1) is 0 Å². The minimum absolute atomic E-state index is 0.197. The summed E-state index contributed by atoms with van der Waals surface area (Å²) in [5.41, 5.74) is 1.91. The molecule has 3 aromatic rings. The maximum Gasteiger partial charge on any atom is 0.250 e. The van der Waals surface area contributed by atoms with Crippen LogP contribution in [0.25, 0.3) is 28.2 Å². The average molecular weight is 442 g/mol. The van der Waals surface area contributed by atoms with Gasteiger partial charge >= 0.3 is 0 Å². The number of hydrogen-bond donors (Lipinski definition) is 3. The van der Waals surface area contributed by atoms with Crippen LogP contribution in [0.15, 0.2) is 57.9 Å². The van der Waals surface area contributed by atoms with Crippen molar-refractivity contribution < 1.29 is 23.0 Å². The quantitative estimate of drug-likeness (QED) is 0.458. The predicted octanol–water partition coefficient (Wildman–Crippen LogP) is 2.30. The summed E-state index contributed by atoms with van der Waals surface area (Å²) < 4.78 is 32.3. The Morgan fingerprint density at radius 1 is 1.19 bits per heavy atom. The lowest BCUT2D eigenvalue weighted by molar-refractivity contribution is 0.0989. The van der Waals surface area contributed by atoms with E-state index >= 15 is 0 Å². The number of allylic oxidation sites excluding steroid dienone is 1. The fourth-order valence-electron chi connectivity index (χ4n) is 2.90. The molecule has 0 spiro atoms. The molecule has 0 fully saturated rings. The maximum absolute atomic E-state index is 12.2. The first kappa shape index (κ1) is 22.5. The third-order valence-corrected chi connectivity index (χ3v) is 5.98. The molecular weight excluding hydrogens is 418 g/mol. The van der Waals surface area contributed by atoms with Crippen LogP contribution in [0, 0.1) is 11.3 Å². The highest BCUT2D eigenvalue weighted by Crippen LogP contribution is 2.29. The summed E-state index contributed by atoms with van der Waals surface area (Å²) >= 11 is 0. The van der Waals surface area contributed by atoms with Crippen LogP contribution in [0.1, 0.15) is 5.76 Å². The number of sulfonamides is 1. The molecular formula is C22H23N3O5S. The first-order chi connectivity index (χ1) is 14.7. The molecule has 1 unspecified atom stereocenters. The van der Waals surface area contributed by atoms with Crippen LogP contribution in [0.3, 0.4) is 0 Å². The van der Waals surface area contributed by atoms with Gasteiger partial charge in [-0.05, 0) is 41.1 Å². The van der Waals surface area contributed by atoms with Gasteiger partial charge in [0.25, 0.3) is 10.0 Å². The highest BCUT2D eigenvalue weighted by atomic mass is 32.2. The van der Waals surface area contributed by atoms with E-state index in [4.69, 9.17) is 9.52 Å². The molecule has 1 aromatic heterocycles. The van der Waals surface area contributed by atoms with Gasteiger partial charge in [-0.3, -0.25) is 0 Å². The van der Waals surface area contributed by atoms with Gasteiger partial charge in [0.05, 0.1) is 12.7 Å². The van der Waals surface area contributed by atoms with Crippen LogP contribution in [-0.4, -0.2) is 52.0 Å². The number of nitriles is 1. The molecule has 0 aliphatic heterocycles. The molecule has 0 radical (unpaired) electrons. The van der Waals surface area contributed by atoms with Gasteiger partial charge in [0.2, 0.25) is 0 Å². The van der Waals surface area contributed by atoms with Crippen molar-refractivity contribution in [1.29, 1.82) is 5.26 Å². The van der Waals surface area contributed by atoms with Crippen molar-refractivity contribution in [2.75, 3.05) is 32.1 Å². The van der Waals surface area contributed by atoms with Gasteiger partial charge in [-0.2, -0.15) is 5.26 Å². The Kier molecular flexibility index (Phi) is 6.77. The molecule has 3 rings (SSSR count). The van der Waals surface area contributed by atoms with E-state index in [1.54, 1.807) is 18.2 Å². The van der Waals surface area contributed by atoms with Gasteiger partial charge in [-0.1, -0.05) is 18.2 Å². The van der Waals surface area contributed by atoms with Crippen LogP contribution in [-0.2, 0) is 10.0 Å². The Bertz CT molecular complexity index is 1260. The van der Waals surface area contributed by atoms with Crippen LogP contribution in [0.5, 0.6) is 0 Å². The van der Waals surface area contributed by atoms with Crippen molar-refractivity contribution in [2.24, 2.45) is 0 Å². The molecule has 0 saturated heterocycles. The van der Waals surface area contributed by atoms with E-state index in [1.807, 2.05) is 49.3 Å². The lowest BCUT2D eigenvalue weighted by Gasteiger charge is -2.13. The number of aliphatic hydroxyl groups excluding tert-OH is 2. The number of benzene rings is 2. The van der Waals surface area contributed by atoms with Gasteiger partial charge in [-0.25, -0.2) is 13.1 Å². The number of furan rings is 1. The molecule has 3 N–H and O–H groups in total. The zero-order chi connectivity index (χ0) is 22.6. The molecule has 31 heavy (non-hydrogen) atoms. The second kappa shape index (κ2) is 9.32. The Balaban J connectivity index is 1.86. The molecule has 2 aromatic carbocycles.